The minimum absolute atomic E-state index is 0.207. The Kier molecular flexibility index (Phi) is 6.19. The molecule has 174 valence electrons. The van der Waals surface area contributed by atoms with E-state index in [0.29, 0.717) is 18.9 Å². The summed E-state index contributed by atoms with van der Waals surface area (Å²) in [5, 5.41) is 0. The Morgan fingerprint density at radius 2 is 1.97 bits per heavy atom. The average Bonchev–Trinajstić information content (AvgIpc) is 3.36. The molecule has 4 aliphatic rings. The van der Waals surface area contributed by atoms with Crippen LogP contribution in [-0.2, 0) is 17.6 Å². The van der Waals surface area contributed by atoms with E-state index in [1.807, 2.05) is 25.3 Å². The molecule has 6 nitrogen and oxygen atoms in total. The molecule has 0 amide bonds. The fourth-order valence-corrected chi connectivity index (χ4v) is 5.63. The van der Waals surface area contributed by atoms with Crippen LogP contribution in [0, 0.1) is 6.92 Å². The van der Waals surface area contributed by atoms with Crippen LogP contribution in [0.25, 0.3) is 11.3 Å². The van der Waals surface area contributed by atoms with Gasteiger partial charge in [-0.15, -0.1) is 0 Å². The number of H-pyrrole nitrogens is 1. The van der Waals surface area contributed by atoms with Crippen molar-refractivity contribution in [1.29, 1.82) is 0 Å². The van der Waals surface area contributed by atoms with Gasteiger partial charge in [-0.3, -0.25) is 9.78 Å². The first-order chi connectivity index (χ1) is 16.0. The lowest BCUT2D eigenvalue weighted by atomic mass is 9.91. The van der Waals surface area contributed by atoms with Crippen LogP contribution in [0.3, 0.4) is 0 Å². The van der Waals surface area contributed by atoms with Gasteiger partial charge in [-0.2, -0.15) is 0 Å². The van der Waals surface area contributed by atoms with Crippen LogP contribution in [0.1, 0.15) is 66.8 Å². The Morgan fingerprint density at radius 1 is 1.15 bits per heavy atom. The van der Waals surface area contributed by atoms with Crippen molar-refractivity contribution in [3.8, 4) is 17.1 Å². The van der Waals surface area contributed by atoms with E-state index < -0.39 is 0 Å². The van der Waals surface area contributed by atoms with E-state index >= 15 is 0 Å². The van der Waals surface area contributed by atoms with Crippen LogP contribution in [0.5, 0.6) is 5.88 Å². The van der Waals surface area contributed by atoms with Crippen LogP contribution in [0.4, 0.5) is 0 Å². The van der Waals surface area contributed by atoms with Crippen molar-refractivity contribution in [2.24, 2.45) is 0 Å². The number of hydrogen-bond acceptors (Lipinski definition) is 5. The first kappa shape index (κ1) is 22.1. The number of nitrogens with zero attached hydrogens (tertiary/aromatic N) is 3. The summed E-state index contributed by atoms with van der Waals surface area (Å²) >= 11 is 0. The molecule has 0 unspecified atom stereocenters. The molecule has 2 heterocycles. The van der Waals surface area contributed by atoms with Gasteiger partial charge in [-0.1, -0.05) is 6.07 Å². The number of ether oxygens (including phenoxy) is 1. The third-order valence-corrected chi connectivity index (χ3v) is 7.47. The molecule has 0 radical (unpaired) electrons. The van der Waals surface area contributed by atoms with Crippen LogP contribution < -0.4 is 4.74 Å². The lowest BCUT2D eigenvalue weighted by molar-refractivity contribution is -0.118. The van der Waals surface area contributed by atoms with Gasteiger partial charge in [0.1, 0.15) is 11.9 Å². The zero-order valence-electron chi connectivity index (χ0n) is 19.9. The van der Waals surface area contributed by atoms with Crippen LogP contribution in [0.15, 0.2) is 30.7 Å². The second kappa shape index (κ2) is 9.26. The van der Waals surface area contributed by atoms with E-state index in [4.69, 9.17) is 4.74 Å². The van der Waals surface area contributed by atoms with E-state index in [2.05, 4.69) is 40.0 Å². The average molecular weight is 447 g/mol. The standard InChI is InChI=1S/C27H34N4O2/c1-17-4-7-20(28-15-17)14-22(32)12-18-5-6-19-13-24-26(25(18)19)27(30-16-29-24)33-23-10-8-21(9-11-23)31(2)3/h4,7,13,15-16,18,21,23H,5-6,8-12,14H2,1-3H3,(H,29,30)/t18-,21?,23?/m0/s1. The Morgan fingerprint density at radius 3 is 2.70 bits per heavy atom. The highest BCUT2D eigenvalue weighted by atomic mass is 16.5. The van der Waals surface area contributed by atoms with Gasteiger partial charge in [0.15, 0.2) is 0 Å². The van der Waals surface area contributed by atoms with Gasteiger partial charge in [0.25, 0.3) is 0 Å². The largest absolute Gasteiger partial charge is 0.474 e. The van der Waals surface area contributed by atoms with Gasteiger partial charge >= 0.3 is 0 Å². The molecular formula is C27H34N4O2. The smallest absolute Gasteiger partial charge is 0.224 e. The fourth-order valence-electron chi connectivity index (χ4n) is 5.63. The highest BCUT2D eigenvalue weighted by Crippen LogP contribution is 2.48. The summed E-state index contributed by atoms with van der Waals surface area (Å²) < 4.78 is 6.50. The maximum Gasteiger partial charge on any atom is 0.224 e. The molecule has 33 heavy (non-hydrogen) atoms. The van der Waals surface area contributed by atoms with Crippen molar-refractivity contribution in [3.63, 3.8) is 0 Å². The van der Waals surface area contributed by atoms with Gasteiger partial charge in [-0.25, -0.2) is 4.98 Å². The molecule has 1 aromatic heterocycles. The molecule has 3 aliphatic carbocycles. The normalized spacial score (nSPS) is 22.6. The van der Waals surface area contributed by atoms with E-state index in [-0.39, 0.29) is 17.8 Å². The number of aryl methyl sites for hydroxylation is 2. The molecule has 1 saturated carbocycles. The lowest BCUT2D eigenvalue weighted by Gasteiger charge is -2.32. The highest BCUT2D eigenvalue weighted by Gasteiger charge is 2.34. The third kappa shape index (κ3) is 4.67. The number of Topliss-reactive ketones (excluding diaryl/α,β-unsaturated/α-hetero) is 1. The first-order valence-electron chi connectivity index (χ1n) is 12.2. The van der Waals surface area contributed by atoms with Gasteiger partial charge in [0, 0.05) is 30.8 Å². The Bertz CT molecular complexity index is 1080. The van der Waals surface area contributed by atoms with Crippen LogP contribution in [-0.4, -0.2) is 51.9 Å². The summed E-state index contributed by atoms with van der Waals surface area (Å²) in [6.07, 6.45) is 11.2. The molecule has 1 N–H and O–H groups in total. The number of carbonyl (C=O) groups excluding carboxylic acids is 1. The zero-order valence-corrected chi connectivity index (χ0v) is 19.9. The number of carbonyl (C=O) groups is 1. The first-order valence-corrected chi connectivity index (χ1v) is 12.2. The SMILES string of the molecule is Cc1ccc(CC(=O)C[C@@H]2CCc3cc4[nH]cnc(OC5CCC(N(C)C)CC5)c-4c32)nc1. The molecular weight excluding hydrogens is 412 g/mol. The molecule has 5 rings (SSSR count). The third-order valence-electron chi connectivity index (χ3n) is 7.47. The van der Waals surface area contributed by atoms with Crippen molar-refractivity contribution in [2.45, 2.75) is 76.4 Å². The molecule has 1 fully saturated rings. The van der Waals surface area contributed by atoms with Gasteiger partial charge < -0.3 is 14.6 Å². The Labute approximate surface area is 196 Å². The van der Waals surface area contributed by atoms with Crippen molar-refractivity contribution in [3.05, 3.63) is 53.1 Å². The molecule has 1 atom stereocenters. The van der Waals surface area contributed by atoms with E-state index in [9.17, 15) is 4.79 Å². The maximum absolute atomic E-state index is 12.9. The molecule has 0 saturated heterocycles. The van der Waals surface area contributed by atoms with Gasteiger partial charge in [-0.05, 0) is 94.3 Å². The molecule has 0 aromatic carbocycles. The van der Waals surface area contributed by atoms with Crippen molar-refractivity contribution in [2.75, 3.05) is 14.1 Å². The number of ketones is 1. The maximum atomic E-state index is 12.9. The number of fused-ring (bicyclic) bond motifs is 3. The number of hydrogen-bond donors (Lipinski definition) is 1. The highest BCUT2D eigenvalue weighted by molar-refractivity contribution is 5.83. The predicted octanol–water partition coefficient (Wildman–Crippen LogP) is 4.70. The summed E-state index contributed by atoms with van der Waals surface area (Å²) in [7, 11) is 4.32. The number of nitrogens with one attached hydrogen (secondary N) is 1. The summed E-state index contributed by atoms with van der Waals surface area (Å²) in [6, 6.07) is 6.85. The quantitative estimate of drug-likeness (QED) is 0.570. The summed E-state index contributed by atoms with van der Waals surface area (Å²) in [6.45, 7) is 2.01. The summed E-state index contributed by atoms with van der Waals surface area (Å²) in [5.74, 6) is 1.20. The lowest BCUT2D eigenvalue weighted by Crippen LogP contribution is -2.35. The van der Waals surface area contributed by atoms with Crippen LogP contribution in [0.2, 0.25) is 0 Å². The number of aromatic nitrogens is 3. The Hall–Kier alpha value is -2.73. The van der Waals surface area contributed by atoms with E-state index in [1.54, 1.807) is 6.33 Å². The van der Waals surface area contributed by atoms with Gasteiger partial charge in [0.05, 0.1) is 17.6 Å². The summed E-state index contributed by atoms with van der Waals surface area (Å²) in [5.41, 5.74) is 6.73. The topological polar surface area (TPSA) is 71.1 Å². The second-order valence-corrected chi connectivity index (χ2v) is 10.1. The molecule has 0 spiro atoms. The minimum atomic E-state index is 0.207. The summed E-state index contributed by atoms with van der Waals surface area (Å²) in [4.78, 5) is 27.6. The van der Waals surface area contributed by atoms with Gasteiger partial charge in [0.2, 0.25) is 5.88 Å². The van der Waals surface area contributed by atoms with Crippen molar-refractivity contribution < 1.29 is 9.53 Å². The molecule has 6 heteroatoms. The number of pyridine rings is 1. The second-order valence-electron chi connectivity index (χ2n) is 10.1. The molecule has 0 bridgehead atoms. The van der Waals surface area contributed by atoms with Crippen molar-refractivity contribution >= 4 is 5.78 Å². The monoisotopic (exact) mass is 446 g/mol. The zero-order chi connectivity index (χ0) is 22.9. The molecule has 1 aliphatic heterocycles. The van der Waals surface area contributed by atoms with E-state index in [0.717, 1.165) is 66.9 Å². The van der Waals surface area contributed by atoms with Crippen molar-refractivity contribution in [1.82, 2.24) is 19.9 Å². The predicted molar refractivity (Wildman–Crippen MR) is 129 cm³/mol. The fraction of sp³-hybridized carbons (Fsp3) is 0.519. The van der Waals surface area contributed by atoms with Crippen LogP contribution >= 0.6 is 0 Å². The molecule has 1 aromatic rings. The number of rotatable bonds is 7. The van der Waals surface area contributed by atoms with E-state index in [1.165, 1.54) is 11.1 Å². The number of aromatic amines is 1. The Balaban J connectivity index is 1.32. The minimum Gasteiger partial charge on any atom is -0.474 e.